The first kappa shape index (κ1) is 11.5. The van der Waals surface area contributed by atoms with Crippen LogP contribution in [-0.2, 0) is 4.79 Å². The lowest BCUT2D eigenvalue weighted by Gasteiger charge is -2.07. The molecule has 0 aliphatic carbocycles. The number of ether oxygens (including phenoxy) is 1. The van der Waals surface area contributed by atoms with Crippen LogP contribution >= 0.6 is 0 Å². The number of hydrogen-bond donors (Lipinski definition) is 0. The Bertz CT molecular complexity index is 743. The lowest BCUT2D eigenvalue weighted by molar-refractivity contribution is -0.131. The summed E-state index contributed by atoms with van der Waals surface area (Å²) in [5, 5.41) is 1.18. The van der Waals surface area contributed by atoms with Gasteiger partial charge in [-0.3, -0.25) is 4.79 Å². The van der Waals surface area contributed by atoms with Crippen LogP contribution in [0, 0.1) is 0 Å². The van der Waals surface area contributed by atoms with Crippen LogP contribution in [0.5, 0.6) is 5.75 Å². The molecule has 0 amide bonds. The Morgan fingerprint density at radius 3 is 2.74 bits per heavy atom. The molecule has 3 rings (SSSR count). The fraction of sp³-hybridized carbons (Fsp3) is 0.0625. The van der Waals surface area contributed by atoms with Crippen LogP contribution in [0.2, 0.25) is 0 Å². The molecule has 0 atom stereocenters. The summed E-state index contributed by atoms with van der Waals surface area (Å²) in [5.74, 6) is 0.247. The fourth-order valence-corrected chi connectivity index (χ4v) is 2.17. The standard InChI is InChI=1S/C16H13NO2/c1-12(18)19-15-7-4-6-14(11-15)17-10-9-13-5-2-3-8-16(13)17/h2-11H,1H3. The summed E-state index contributed by atoms with van der Waals surface area (Å²) >= 11 is 0. The number of benzene rings is 2. The monoisotopic (exact) mass is 251 g/mol. The van der Waals surface area contributed by atoms with Gasteiger partial charge in [0, 0.05) is 24.9 Å². The van der Waals surface area contributed by atoms with E-state index in [0.29, 0.717) is 5.75 Å². The molecule has 0 unspecified atom stereocenters. The maximum absolute atomic E-state index is 11.0. The summed E-state index contributed by atoms with van der Waals surface area (Å²) in [7, 11) is 0. The molecule has 0 spiro atoms. The predicted molar refractivity (Wildman–Crippen MR) is 74.6 cm³/mol. The fourth-order valence-electron chi connectivity index (χ4n) is 2.17. The van der Waals surface area contributed by atoms with Gasteiger partial charge in [-0.05, 0) is 29.7 Å². The van der Waals surface area contributed by atoms with Crippen molar-refractivity contribution < 1.29 is 9.53 Å². The van der Waals surface area contributed by atoms with Crippen molar-refractivity contribution in [3.05, 3.63) is 60.8 Å². The zero-order chi connectivity index (χ0) is 13.2. The number of fused-ring (bicyclic) bond motifs is 1. The summed E-state index contributed by atoms with van der Waals surface area (Å²) in [6.45, 7) is 1.40. The molecule has 2 aromatic carbocycles. The third kappa shape index (κ3) is 2.22. The van der Waals surface area contributed by atoms with Crippen molar-refractivity contribution in [1.29, 1.82) is 0 Å². The van der Waals surface area contributed by atoms with Crippen molar-refractivity contribution in [1.82, 2.24) is 4.57 Å². The first-order valence-corrected chi connectivity index (χ1v) is 6.09. The van der Waals surface area contributed by atoms with Crippen molar-refractivity contribution in [3.63, 3.8) is 0 Å². The smallest absolute Gasteiger partial charge is 0.308 e. The zero-order valence-corrected chi connectivity index (χ0v) is 10.5. The number of para-hydroxylation sites is 1. The first-order chi connectivity index (χ1) is 9.24. The van der Waals surface area contributed by atoms with Gasteiger partial charge < -0.3 is 9.30 Å². The maximum Gasteiger partial charge on any atom is 0.308 e. The van der Waals surface area contributed by atoms with Crippen LogP contribution < -0.4 is 4.74 Å². The Hall–Kier alpha value is -2.55. The van der Waals surface area contributed by atoms with E-state index in [1.165, 1.54) is 12.3 Å². The van der Waals surface area contributed by atoms with Crippen LogP contribution in [0.15, 0.2) is 60.8 Å². The number of nitrogens with zero attached hydrogens (tertiary/aromatic N) is 1. The Morgan fingerprint density at radius 1 is 1.05 bits per heavy atom. The van der Waals surface area contributed by atoms with Crippen molar-refractivity contribution in [3.8, 4) is 11.4 Å². The number of aromatic nitrogens is 1. The molecule has 0 aliphatic rings. The number of esters is 1. The van der Waals surface area contributed by atoms with E-state index < -0.39 is 0 Å². The van der Waals surface area contributed by atoms with Gasteiger partial charge in [-0.15, -0.1) is 0 Å². The van der Waals surface area contributed by atoms with Gasteiger partial charge in [0.2, 0.25) is 0 Å². The molecule has 3 aromatic rings. The molecule has 0 fully saturated rings. The topological polar surface area (TPSA) is 31.2 Å². The highest BCUT2D eigenvalue weighted by Crippen LogP contribution is 2.23. The van der Waals surface area contributed by atoms with Gasteiger partial charge in [0.05, 0.1) is 5.52 Å². The lowest BCUT2D eigenvalue weighted by Crippen LogP contribution is -2.02. The van der Waals surface area contributed by atoms with Crippen molar-refractivity contribution in [2.24, 2.45) is 0 Å². The Balaban J connectivity index is 2.09. The van der Waals surface area contributed by atoms with Crippen LogP contribution in [0.1, 0.15) is 6.92 Å². The molecule has 0 aliphatic heterocycles. The zero-order valence-electron chi connectivity index (χ0n) is 10.5. The van der Waals surface area contributed by atoms with E-state index in [9.17, 15) is 4.79 Å². The summed E-state index contributed by atoms with van der Waals surface area (Å²) in [6, 6.07) is 17.7. The van der Waals surface area contributed by atoms with E-state index in [4.69, 9.17) is 4.74 Å². The summed E-state index contributed by atoms with van der Waals surface area (Å²) < 4.78 is 7.18. The van der Waals surface area contributed by atoms with Gasteiger partial charge in [-0.25, -0.2) is 0 Å². The van der Waals surface area contributed by atoms with Crippen LogP contribution in [0.3, 0.4) is 0 Å². The van der Waals surface area contributed by atoms with Crippen LogP contribution in [0.4, 0.5) is 0 Å². The van der Waals surface area contributed by atoms with Crippen molar-refractivity contribution in [2.45, 2.75) is 6.92 Å². The number of carbonyl (C=O) groups excluding carboxylic acids is 1. The number of rotatable bonds is 2. The second-order valence-electron chi connectivity index (χ2n) is 4.34. The summed E-state index contributed by atoms with van der Waals surface area (Å²) in [4.78, 5) is 11.0. The molecule has 0 saturated heterocycles. The number of hydrogen-bond acceptors (Lipinski definition) is 2. The molecule has 3 nitrogen and oxygen atoms in total. The van der Waals surface area contributed by atoms with E-state index in [2.05, 4.69) is 22.8 Å². The van der Waals surface area contributed by atoms with Gasteiger partial charge in [0.25, 0.3) is 0 Å². The molecular formula is C16H13NO2. The highest BCUT2D eigenvalue weighted by molar-refractivity contribution is 5.82. The second kappa shape index (κ2) is 4.61. The first-order valence-electron chi connectivity index (χ1n) is 6.09. The van der Waals surface area contributed by atoms with Gasteiger partial charge in [-0.2, -0.15) is 0 Å². The van der Waals surface area contributed by atoms with Gasteiger partial charge in [-0.1, -0.05) is 24.3 Å². The normalized spacial score (nSPS) is 10.6. The average Bonchev–Trinajstić information content (AvgIpc) is 2.82. The minimum Gasteiger partial charge on any atom is -0.427 e. The molecule has 94 valence electrons. The van der Waals surface area contributed by atoms with E-state index in [0.717, 1.165) is 11.2 Å². The van der Waals surface area contributed by atoms with E-state index >= 15 is 0 Å². The molecule has 19 heavy (non-hydrogen) atoms. The Morgan fingerprint density at radius 2 is 1.89 bits per heavy atom. The molecule has 0 N–H and O–H groups in total. The third-order valence-electron chi connectivity index (χ3n) is 2.96. The summed E-state index contributed by atoms with van der Waals surface area (Å²) in [5.41, 5.74) is 2.10. The van der Waals surface area contributed by atoms with E-state index in [-0.39, 0.29) is 5.97 Å². The lowest BCUT2D eigenvalue weighted by atomic mass is 10.2. The molecular weight excluding hydrogens is 238 g/mol. The number of carbonyl (C=O) groups is 1. The molecule has 1 aromatic heterocycles. The second-order valence-corrected chi connectivity index (χ2v) is 4.34. The van der Waals surface area contributed by atoms with Gasteiger partial charge in [0.1, 0.15) is 5.75 Å². The van der Waals surface area contributed by atoms with Crippen LogP contribution in [-0.4, -0.2) is 10.5 Å². The van der Waals surface area contributed by atoms with E-state index in [1.54, 1.807) is 6.07 Å². The third-order valence-corrected chi connectivity index (χ3v) is 2.96. The van der Waals surface area contributed by atoms with Crippen molar-refractivity contribution >= 4 is 16.9 Å². The molecule has 1 heterocycles. The molecule has 3 heteroatoms. The van der Waals surface area contributed by atoms with Crippen molar-refractivity contribution in [2.75, 3.05) is 0 Å². The van der Waals surface area contributed by atoms with E-state index in [1.807, 2.05) is 36.5 Å². The summed E-state index contributed by atoms with van der Waals surface area (Å²) in [6.07, 6.45) is 2.01. The Labute approximate surface area is 111 Å². The minimum atomic E-state index is -0.311. The van der Waals surface area contributed by atoms with Gasteiger partial charge >= 0.3 is 5.97 Å². The highest BCUT2D eigenvalue weighted by atomic mass is 16.5. The quantitative estimate of drug-likeness (QED) is 0.515. The SMILES string of the molecule is CC(=O)Oc1cccc(-n2ccc3ccccc32)c1. The minimum absolute atomic E-state index is 0.311. The van der Waals surface area contributed by atoms with Gasteiger partial charge in [0.15, 0.2) is 0 Å². The van der Waals surface area contributed by atoms with Crippen LogP contribution in [0.25, 0.3) is 16.6 Å². The average molecular weight is 251 g/mol. The highest BCUT2D eigenvalue weighted by Gasteiger charge is 2.04. The molecule has 0 bridgehead atoms. The predicted octanol–water partition coefficient (Wildman–Crippen LogP) is 3.56. The molecule has 0 saturated carbocycles. The largest absolute Gasteiger partial charge is 0.427 e. The Kier molecular flexibility index (Phi) is 2.80. The molecule has 0 radical (unpaired) electrons. The maximum atomic E-state index is 11.0.